The van der Waals surface area contributed by atoms with E-state index in [0.717, 1.165) is 0 Å². The number of nitrogen functional groups attached to an aromatic ring is 1. The molecule has 0 fully saturated rings. The number of hydrogen-bond acceptors (Lipinski definition) is 4. The maximum absolute atomic E-state index is 13.7. The van der Waals surface area contributed by atoms with E-state index >= 15 is 0 Å². The molecule has 4 N–H and O–H groups in total. The van der Waals surface area contributed by atoms with Crippen molar-refractivity contribution < 1.29 is 18.3 Å². The molecule has 0 heterocycles. The maximum Gasteiger partial charge on any atom is 0.379 e. The Morgan fingerprint density at radius 2 is 2.11 bits per heavy atom. The molecule has 108 valence electrons. The second-order valence-electron chi connectivity index (χ2n) is 3.59. The van der Waals surface area contributed by atoms with Gasteiger partial charge in [0.15, 0.2) is 0 Å². The number of carbonyl (C=O) groups excluding carboxylic acids is 1. The highest BCUT2D eigenvalue weighted by Gasteiger charge is 2.48. The molecular formula is C11H14Cl2F2N2O2. The number of hydrogen-bond donors (Lipinski definition) is 2. The molecular weight excluding hydrogens is 301 g/mol. The van der Waals surface area contributed by atoms with Gasteiger partial charge in [-0.3, -0.25) is 0 Å². The van der Waals surface area contributed by atoms with Crippen LogP contribution in [0.3, 0.4) is 0 Å². The van der Waals surface area contributed by atoms with E-state index in [1.54, 1.807) is 0 Å². The summed E-state index contributed by atoms with van der Waals surface area (Å²) in [6.45, 7) is 1.26. The van der Waals surface area contributed by atoms with E-state index in [4.69, 9.17) is 23.1 Å². The molecule has 0 aliphatic carbocycles. The van der Waals surface area contributed by atoms with Gasteiger partial charge in [0.2, 0.25) is 0 Å². The lowest BCUT2D eigenvalue weighted by Gasteiger charge is -2.23. The molecule has 0 bridgehead atoms. The van der Waals surface area contributed by atoms with Crippen LogP contribution in [-0.2, 0) is 9.53 Å². The van der Waals surface area contributed by atoms with Gasteiger partial charge in [0.1, 0.15) is 6.04 Å². The zero-order chi connectivity index (χ0) is 13.9. The first kappa shape index (κ1) is 17.9. The number of carbonyl (C=O) groups is 1. The monoisotopic (exact) mass is 314 g/mol. The zero-order valence-electron chi connectivity index (χ0n) is 10.0. The fourth-order valence-electron chi connectivity index (χ4n) is 1.36. The minimum absolute atomic E-state index is 0. The normalized spacial score (nSPS) is 12.5. The minimum Gasteiger partial charge on any atom is -0.462 e. The van der Waals surface area contributed by atoms with Crippen molar-refractivity contribution in [3.63, 3.8) is 0 Å². The minimum atomic E-state index is -3.87. The molecule has 1 rings (SSSR count). The lowest BCUT2D eigenvalue weighted by Crippen LogP contribution is -2.42. The molecule has 0 spiro atoms. The Bertz CT molecular complexity index is 458. The van der Waals surface area contributed by atoms with Crippen LogP contribution >= 0.6 is 24.0 Å². The number of rotatable bonds is 4. The average Bonchev–Trinajstić information content (AvgIpc) is 2.31. The van der Waals surface area contributed by atoms with Crippen molar-refractivity contribution >= 4 is 35.7 Å². The smallest absolute Gasteiger partial charge is 0.379 e. The van der Waals surface area contributed by atoms with E-state index in [2.05, 4.69) is 4.74 Å². The molecule has 0 saturated heterocycles. The molecule has 1 aromatic carbocycles. The summed E-state index contributed by atoms with van der Waals surface area (Å²) in [4.78, 5) is 11.1. The SMILES string of the molecule is CCOC(=O)C(F)(F)[C@H](N)c1cc(Cl)ccc1N.Cl. The lowest BCUT2D eigenvalue weighted by atomic mass is 10.00. The number of ether oxygens (including phenoxy) is 1. The number of nitrogens with two attached hydrogens (primary N) is 2. The number of esters is 1. The molecule has 0 aliphatic heterocycles. The summed E-state index contributed by atoms with van der Waals surface area (Å²) in [5, 5.41) is 0.203. The predicted octanol–water partition coefficient (Wildman–Crippen LogP) is 2.54. The van der Waals surface area contributed by atoms with Gasteiger partial charge < -0.3 is 16.2 Å². The number of benzene rings is 1. The molecule has 1 atom stereocenters. The van der Waals surface area contributed by atoms with Gasteiger partial charge in [-0.2, -0.15) is 8.78 Å². The maximum atomic E-state index is 13.7. The molecule has 1 aromatic rings. The average molecular weight is 315 g/mol. The van der Waals surface area contributed by atoms with Crippen molar-refractivity contribution in [3.05, 3.63) is 28.8 Å². The van der Waals surface area contributed by atoms with E-state index in [0.29, 0.717) is 0 Å². The fourth-order valence-corrected chi connectivity index (χ4v) is 1.55. The summed E-state index contributed by atoms with van der Waals surface area (Å²) >= 11 is 5.68. The third-order valence-corrected chi connectivity index (χ3v) is 2.56. The van der Waals surface area contributed by atoms with Crippen LogP contribution in [0.5, 0.6) is 0 Å². The van der Waals surface area contributed by atoms with Crippen molar-refractivity contribution in [1.82, 2.24) is 0 Å². The third kappa shape index (κ3) is 3.92. The van der Waals surface area contributed by atoms with Gasteiger partial charge >= 0.3 is 11.9 Å². The predicted molar refractivity (Wildman–Crippen MR) is 71.6 cm³/mol. The summed E-state index contributed by atoms with van der Waals surface area (Å²) < 4.78 is 31.7. The van der Waals surface area contributed by atoms with Crippen molar-refractivity contribution in [2.75, 3.05) is 12.3 Å². The van der Waals surface area contributed by atoms with Gasteiger partial charge in [0.25, 0.3) is 0 Å². The topological polar surface area (TPSA) is 78.3 Å². The van der Waals surface area contributed by atoms with E-state index in [1.165, 1.54) is 25.1 Å². The number of halogens is 4. The first-order valence-corrected chi connectivity index (χ1v) is 5.54. The largest absolute Gasteiger partial charge is 0.462 e. The fraction of sp³-hybridized carbons (Fsp3) is 0.364. The van der Waals surface area contributed by atoms with Gasteiger partial charge in [-0.05, 0) is 30.7 Å². The Morgan fingerprint density at radius 1 is 1.53 bits per heavy atom. The van der Waals surface area contributed by atoms with Gasteiger partial charge in [-0.25, -0.2) is 4.79 Å². The summed E-state index contributed by atoms with van der Waals surface area (Å²) in [6, 6.07) is 2.08. The lowest BCUT2D eigenvalue weighted by molar-refractivity contribution is -0.174. The Kier molecular flexibility index (Phi) is 6.48. The number of anilines is 1. The van der Waals surface area contributed by atoms with Gasteiger partial charge in [-0.15, -0.1) is 12.4 Å². The van der Waals surface area contributed by atoms with Crippen molar-refractivity contribution in [3.8, 4) is 0 Å². The van der Waals surface area contributed by atoms with E-state index in [9.17, 15) is 13.6 Å². The van der Waals surface area contributed by atoms with E-state index < -0.39 is 17.9 Å². The second kappa shape index (κ2) is 6.88. The third-order valence-electron chi connectivity index (χ3n) is 2.32. The van der Waals surface area contributed by atoms with Crippen molar-refractivity contribution in [1.29, 1.82) is 0 Å². The summed E-state index contributed by atoms with van der Waals surface area (Å²) in [7, 11) is 0. The summed E-state index contributed by atoms with van der Waals surface area (Å²) in [5.41, 5.74) is 10.9. The summed E-state index contributed by atoms with van der Waals surface area (Å²) in [5.74, 6) is -5.55. The summed E-state index contributed by atoms with van der Waals surface area (Å²) in [6.07, 6.45) is 0. The quantitative estimate of drug-likeness (QED) is 0.661. The highest BCUT2D eigenvalue weighted by atomic mass is 35.5. The van der Waals surface area contributed by atoms with Crippen LogP contribution < -0.4 is 11.5 Å². The van der Waals surface area contributed by atoms with E-state index in [-0.39, 0.29) is 35.3 Å². The van der Waals surface area contributed by atoms with Crippen LogP contribution in [0.4, 0.5) is 14.5 Å². The Morgan fingerprint density at radius 3 is 2.63 bits per heavy atom. The molecule has 8 heteroatoms. The zero-order valence-corrected chi connectivity index (χ0v) is 11.6. The number of alkyl halides is 2. The molecule has 0 radical (unpaired) electrons. The highest BCUT2D eigenvalue weighted by molar-refractivity contribution is 6.30. The van der Waals surface area contributed by atoms with Gasteiger partial charge in [0.05, 0.1) is 6.61 Å². The van der Waals surface area contributed by atoms with E-state index in [1.807, 2.05) is 0 Å². The molecule has 0 unspecified atom stereocenters. The van der Waals surface area contributed by atoms with Crippen LogP contribution in [0, 0.1) is 0 Å². The molecule has 19 heavy (non-hydrogen) atoms. The second-order valence-corrected chi connectivity index (χ2v) is 4.03. The Labute approximate surface area is 120 Å². The van der Waals surface area contributed by atoms with Crippen LogP contribution in [0.1, 0.15) is 18.5 Å². The van der Waals surface area contributed by atoms with Crippen LogP contribution in [0.2, 0.25) is 5.02 Å². The Hall–Kier alpha value is -1.11. The molecule has 0 saturated carbocycles. The van der Waals surface area contributed by atoms with Crippen LogP contribution in [-0.4, -0.2) is 18.5 Å². The highest BCUT2D eigenvalue weighted by Crippen LogP contribution is 2.34. The van der Waals surface area contributed by atoms with Gasteiger partial charge in [0, 0.05) is 10.7 Å². The van der Waals surface area contributed by atoms with Crippen molar-refractivity contribution in [2.24, 2.45) is 5.73 Å². The standard InChI is InChI=1S/C11H13ClF2N2O2.ClH/c1-2-18-10(17)11(13,14)9(16)7-5-6(12)3-4-8(7)15;/h3-5,9H,2,15-16H2,1H3;1H/t9-;/m1./s1. The van der Waals surface area contributed by atoms with Crippen LogP contribution in [0.15, 0.2) is 18.2 Å². The van der Waals surface area contributed by atoms with Crippen molar-refractivity contribution in [2.45, 2.75) is 18.9 Å². The molecule has 4 nitrogen and oxygen atoms in total. The molecule has 0 aliphatic rings. The first-order valence-electron chi connectivity index (χ1n) is 5.16. The van der Waals surface area contributed by atoms with Gasteiger partial charge in [-0.1, -0.05) is 11.6 Å². The van der Waals surface area contributed by atoms with Crippen LogP contribution in [0.25, 0.3) is 0 Å². The Balaban J connectivity index is 0.00000324. The molecule has 0 aromatic heterocycles. The first-order chi connectivity index (χ1) is 8.30. The molecule has 0 amide bonds.